The van der Waals surface area contributed by atoms with Gasteiger partial charge in [0.2, 0.25) is 0 Å². The Labute approximate surface area is 123 Å². The molecule has 114 valence electrons. The molecule has 0 aromatic heterocycles. The molecule has 2 N–H and O–H groups in total. The number of ether oxygens (including phenoxy) is 1. The fourth-order valence-corrected chi connectivity index (χ4v) is 1.95. The smallest absolute Gasteiger partial charge is 0.0914 e. The van der Waals surface area contributed by atoms with Crippen molar-refractivity contribution >= 4 is 0 Å². The maximum Gasteiger partial charge on any atom is 0.0914 e. The average molecular weight is 279 g/mol. The van der Waals surface area contributed by atoms with E-state index in [1.165, 1.54) is 12.0 Å². The van der Waals surface area contributed by atoms with Gasteiger partial charge in [0.15, 0.2) is 0 Å². The van der Waals surface area contributed by atoms with E-state index in [2.05, 4.69) is 38.2 Å². The second-order valence-corrected chi connectivity index (χ2v) is 5.51. The Morgan fingerprint density at radius 1 is 1.10 bits per heavy atom. The van der Waals surface area contributed by atoms with E-state index >= 15 is 0 Å². The Morgan fingerprint density at radius 3 is 2.35 bits per heavy atom. The Bertz CT molecular complexity index is 349. The summed E-state index contributed by atoms with van der Waals surface area (Å²) in [5, 5.41) is 13.3. The van der Waals surface area contributed by atoms with Crippen molar-refractivity contribution in [1.29, 1.82) is 0 Å². The lowest BCUT2D eigenvalue weighted by Crippen LogP contribution is -2.25. The Kier molecular flexibility index (Phi) is 8.51. The van der Waals surface area contributed by atoms with Crippen LogP contribution < -0.4 is 5.32 Å². The predicted octanol–water partition coefficient (Wildman–Crippen LogP) is 3.25. The van der Waals surface area contributed by atoms with Crippen LogP contribution in [0.2, 0.25) is 0 Å². The number of unbranched alkanes of at least 4 members (excludes halogenated alkanes) is 1. The molecular weight excluding hydrogens is 250 g/mol. The van der Waals surface area contributed by atoms with Gasteiger partial charge in [-0.15, -0.1) is 0 Å². The quantitative estimate of drug-likeness (QED) is 0.646. The number of benzene rings is 1. The van der Waals surface area contributed by atoms with Crippen molar-refractivity contribution in [3.05, 3.63) is 35.4 Å². The zero-order valence-electron chi connectivity index (χ0n) is 13.1. The molecule has 0 aliphatic heterocycles. The lowest BCUT2D eigenvalue weighted by atomic mass is 10.00. The molecule has 1 aromatic rings. The molecule has 0 bridgehead atoms. The van der Waals surface area contributed by atoms with Crippen LogP contribution in [0.5, 0.6) is 0 Å². The maximum atomic E-state index is 10.1. The molecule has 3 nitrogen and oxygen atoms in total. The molecular formula is C17H29NO2. The van der Waals surface area contributed by atoms with Crippen molar-refractivity contribution in [2.45, 2.75) is 45.6 Å². The molecule has 0 aliphatic carbocycles. The predicted molar refractivity (Wildman–Crippen MR) is 84.1 cm³/mol. The van der Waals surface area contributed by atoms with Crippen LogP contribution >= 0.6 is 0 Å². The first-order chi connectivity index (χ1) is 9.65. The van der Waals surface area contributed by atoms with Crippen molar-refractivity contribution in [2.24, 2.45) is 0 Å². The summed E-state index contributed by atoms with van der Waals surface area (Å²) in [6.07, 6.45) is 1.83. The Balaban J connectivity index is 2.20. The zero-order chi connectivity index (χ0) is 14.8. The third kappa shape index (κ3) is 6.51. The molecule has 3 heteroatoms. The van der Waals surface area contributed by atoms with E-state index in [1.807, 2.05) is 12.1 Å². The van der Waals surface area contributed by atoms with Crippen LogP contribution in [0.25, 0.3) is 0 Å². The molecule has 0 amide bonds. The van der Waals surface area contributed by atoms with Crippen LogP contribution in [0.3, 0.4) is 0 Å². The zero-order valence-corrected chi connectivity index (χ0v) is 13.1. The first-order valence-corrected chi connectivity index (χ1v) is 7.71. The van der Waals surface area contributed by atoms with E-state index in [0.717, 1.165) is 25.1 Å². The molecule has 1 rings (SSSR count). The number of hydrogen-bond acceptors (Lipinski definition) is 3. The molecule has 1 atom stereocenters. The van der Waals surface area contributed by atoms with Crippen molar-refractivity contribution < 1.29 is 9.84 Å². The van der Waals surface area contributed by atoms with Gasteiger partial charge in [-0.05, 0) is 23.5 Å². The van der Waals surface area contributed by atoms with Crippen LogP contribution in [-0.4, -0.2) is 31.4 Å². The minimum atomic E-state index is -0.452. The van der Waals surface area contributed by atoms with Gasteiger partial charge in [0, 0.05) is 19.7 Å². The van der Waals surface area contributed by atoms with Gasteiger partial charge in [0.05, 0.1) is 12.7 Å². The van der Waals surface area contributed by atoms with E-state index in [1.54, 1.807) is 0 Å². The summed E-state index contributed by atoms with van der Waals surface area (Å²) in [4.78, 5) is 0. The highest BCUT2D eigenvalue weighted by molar-refractivity contribution is 5.26. The molecule has 0 spiro atoms. The first kappa shape index (κ1) is 17.2. The second-order valence-electron chi connectivity index (χ2n) is 5.51. The van der Waals surface area contributed by atoms with E-state index in [-0.39, 0.29) is 0 Å². The highest BCUT2D eigenvalue weighted by Crippen LogP contribution is 2.18. The molecule has 1 unspecified atom stereocenters. The van der Waals surface area contributed by atoms with Gasteiger partial charge >= 0.3 is 0 Å². The average Bonchev–Trinajstić information content (AvgIpc) is 2.46. The van der Waals surface area contributed by atoms with Crippen molar-refractivity contribution in [2.75, 3.05) is 26.3 Å². The maximum absolute atomic E-state index is 10.1. The van der Waals surface area contributed by atoms with Gasteiger partial charge in [-0.25, -0.2) is 0 Å². The monoisotopic (exact) mass is 279 g/mol. The number of aliphatic hydroxyl groups excluding tert-OH is 1. The van der Waals surface area contributed by atoms with Gasteiger partial charge in [0.1, 0.15) is 0 Å². The molecule has 0 saturated carbocycles. The summed E-state index contributed by atoms with van der Waals surface area (Å²) in [7, 11) is 0. The molecule has 0 heterocycles. The van der Waals surface area contributed by atoms with Crippen LogP contribution in [-0.2, 0) is 4.74 Å². The number of aliphatic hydroxyl groups is 1. The number of hydrogen-bond donors (Lipinski definition) is 2. The minimum Gasteiger partial charge on any atom is -0.387 e. The lowest BCUT2D eigenvalue weighted by Gasteiger charge is -2.13. The first-order valence-electron chi connectivity index (χ1n) is 7.71. The molecule has 0 aliphatic rings. The highest BCUT2D eigenvalue weighted by atomic mass is 16.5. The third-order valence-electron chi connectivity index (χ3n) is 3.39. The number of rotatable bonds is 10. The summed E-state index contributed by atoms with van der Waals surface area (Å²) < 4.78 is 5.46. The lowest BCUT2D eigenvalue weighted by molar-refractivity contribution is 0.125. The minimum absolute atomic E-state index is 0.452. The van der Waals surface area contributed by atoms with E-state index < -0.39 is 6.10 Å². The fraction of sp³-hybridized carbons (Fsp3) is 0.647. The summed E-state index contributed by atoms with van der Waals surface area (Å²) in [6, 6.07) is 8.22. The van der Waals surface area contributed by atoms with Gasteiger partial charge in [-0.2, -0.15) is 0 Å². The fourth-order valence-electron chi connectivity index (χ4n) is 1.95. The molecule has 0 saturated heterocycles. The summed E-state index contributed by atoms with van der Waals surface area (Å²) in [5.74, 6) is 0.527. The summed E-state index contributed by atoms with van der Waals surface area (Å²) in [6.45, 7) is 9.39. The van der Waals surface area contributed by atoms with Crippen molar-refractivity contribution in [3.8, 4) is 0 Å². The van der Waals surface area contributed by atoms with Crippen molar-refractivity contribution in [3.63, 3.8) is 0 Å². The summed E-state index contributed by atoms with van der Waals surface area (Å²) >= 11 is 0. The van der Waals surface area contributed by atoms with Gasteiger partial charge < -0.3 is 15.2 Å². The SMILES string of the molecule is CCCCOCCNCC(O)c1ccc(C(C)C)cc1. The van der Waals surface area contributed by atoms with E-state index in [4.69, 9.17) is 4.74 Å². The van der Waals surface area contributed by atoms with Crippen LogP contribution in [0.1, 0.15) is 56.8 Å². The largest absolute Gasteiger partial charge is 0.387 e. The normalized spacial score (nSPS) is 12.8. The van der Waals surface area contributed by atoms with Crippen LogP contribution in [0.15, 0.2) is 24.3 Å². The third-order valence-corrected chi connectivity index (χ3v) is 3.39. The summed E-state index contributed by atoms with van der Waals surface area (Å²) in [5.41, 5.74) is 2.27. The Hall–Kier alpha value is -0.900. The van der Waals surface area contributed by atoms with E-state index in [0.29, 0.717) is 19.1 Å². The van der Waals surface area contributed by atoms with Crippen LogP contribution in [0, 0.1) is 0 Å². The highest BCUT2D eigenvalue weighted by Gasteiger charge is 2.07. The standard InChI is InChI=1S/C17H29NO2/c1-4-5-11-20-12-10-18-13-17(19)16-8-6-15(7-9-16)14(2)3/h6-9,14,17-19H,4-5,10-13H2,1-3H3. The molecule has 0 fully saturated rings. The van der Waals surface area contributed by atoms with Gasteiger partial charge in [-0.3, -0.25) is 0 Å². The second kappa shape index (κ2) is 9.92. The van der Waals surface area contributed by atoms with Crippen LogP contribution in [0.4, 0.5) is 0 Å². The van der Waals surface area contributed by atoms with E-state index in [9.17, 15) is 5.11 Å². The number of nitrogens with one attached hydrogen (secondary N) is 1. The molecule has 1 aromatic carbocycles. The topological polar surface area (TPSA) is 41.5 Å². The molecule has 20 heavy (non-hydrogen) atoms. The van der Waals surface area contributed by atoms with Gasteiger partial charge in [0.25, 0.3) is 0 Å². The van der Waals surface area contributed by atoms with Crippen molar-refractivity contribution in [1.82, 2.24) is 5.32 Å². The van der Waals surface area contributed by atoms with Gasteiger partial charge in [-0.1, -0.05) is 51.5 Å². The Morgan fingerprint density at radius 2 is 1.75 bits per heavy atom. The molecule has 0 radical (unpaired) electrons.